The quantitative estimate of drug-likeness (QED) is 0.370. The normalized spacial score (nSPS) is 22.1. The summed E-state index contributed by atoms with van der Waals surface area (Å²) in [5.74, 6) is 0. The van der Waals surface area contributed by atoms with Gasteiger partial charge in [0.1, 0.15) is 0 Å². The first-order valence-electron chi connectivity index (χ1n) is 6.80. The molecule has 0 aromatic heterocycles. The minimum Gasteiger partial charge on any atom is -0.411 e. The van der Waals surface area contributed by atoms with Crippen LogP contribution in [0.25, 0.3) is 5.57 Å². The van der Waals surface area contributed by atoms with E-state index in [1.807, 2.05) is 12.1 Å². The molecule has 0 saturated heterocycles. The highest BCUT2D eigenvalue weighted by Crippen LogP contribution is 2.42. The summed E-state index contributed by atoms with van der Waals surface area (Å²) in [5, 5.41) is 24.3. The summed E-state index contributed by atoms with van der Waals surface area (Å²) >= 11 is 0. The van der Waals surface area contributed by atoms with E-state index in [1.54, 1.807) is 0 Å². The van der Waals surface area contributed by atoms with Crippen LogP contribution in [0.15, 0.2) is 40.7 Å². The summed E-state index contributed by atoms with van der Waals surface area (Å²) < 4.78 is 0. The van der Waals surface area contributed by atoms with Gasteiger partial charge in [0.2, 0.25) is 0 Å². The molecule has 1 unspecified atom stereocenters. The fourth-order valence-corrected chi connectivity index (χ4v) is 2.94. The maximum atomic E-state index is 9.40. The van der Waals surface area contributed by atoms with Crippen molar-refractivity contribution in [3.05, 3.63) is 41.5 Å². The van der Waals surface area contributed by atoms with Crippen molar-refractivity contribution in [2.24, 2.45) is 10.3 Å². The van der Waals surface area contributed by atoms with Gasteiger partial charge < -0.3 is 10.4 Å². The molecule has 1 aromatic carbocycles. The Bertz CT molecular complexity index is 576. The van der Waals surface area contributed by atoms with E-state index in [-0.39, 0.29) is 5.41 Å². The fourth-order valence-electron chi connectivity index (χ4n) is 2.94. The number of allylic oxidation sites excluding steroid dienone is 2. The smallest absolute Gasteiger partial charge is 0.0711 e. The third-order valence-corrected chi connectivity index (χ3v) is 3.97. The van der Waals surface area contributed by atoms with Gasteiger partial charge in [0.25, 0.3) is 0 Å². The predicted molar refractivity (Wildman–Crippen MR) is 80.8 cm³/mol. The van der Waals surface area contributed by atoms with Crippen molar-refractivity contribution in [3.8, 4) is 0 Å². The first kappa shape index (κ1) is 14.3. The summed E-state index contributed by atoms with van der Waals surface area (Å²) in [7, 11) is 0. The second-order valence-corrected chi connectivity index (χ2v) is 5.31. The third kappa shape index (κ3) is 2.46. The zero-order chi connectivity index (χ0) is 14.6. The van der Waals surface area contributed by atoms with Gasteiger partial charge in [-0.1, -0.05) is 35.5 Å². The molecule has 106 valence electrons. The molecule has 1 aromatic rings. The number of hydrogen-bond donors (Lipinski definition) is 2. The lowest BCUT2D eigenvalue weighted by Crippen LogP contribution is -2.29. The Kier molecular flexibility index (Phi) is 4.23. The topological polar surface area (TPSA) is 65.2 Å². The number of rotatable bonds is 5. The maximum absolute atomic E-state index is 9.40. The van der Waals surface area contributed by atoms with Crippen LogP contribution in [0, 0.1) is 0 Å². The van der Waals surface area contributed by atoms with Crippen molar-refractivity contribution in [1.82, 2.24) is 0 Å². The van der Waals surface area contributed by atoms with Crippen LogP contribution in [-0.2, 0) is 5.41 Å². The van der Waals surface area contributed by atoms with E-state index < -0.39 is 0 Å². The van der Waals surface area contributed by atoms with Crippen molar-refractivity contribution in [2.45, 2.75) is 38.5 Å². The Morgan fingerprint density at radius 2 is 2.05 bits per heavy atom. The molecule has 20 heavy (non-hydrogen) atoms. The first-order chi connectivity index (χ1) is 9.63. The largest absolute Gasteiger partial charge is 0.411 e. The summed E-state index contributed by atoms with van der Waals surface area (Å²) in [6.45, 7) is 4.16. The number of fused-ring (bicyclic) bond motifs is 1. The van der Waals surface area contributed by atoms with Crippen molar-refractivity contribution in [3.63, 3.8) is 0 Å². The minimum absolute atomic E-state index is 0.355. The van der Waals surface area contributed by atoms with E-state index in [0.717, 1.165) is 12.1 Å². The SMILES string of the molecule is CC1=CC(C)(/C(CCC/C=N/O)=N/O)c2ccccc21. The lowest BCUT2D eigenvalue weighted by atomic mass is 9.78. The summed E-state index contributed by atoms with van der Waals surface area (Å²) in [6, 6.07) is 8.22. The Morgan fingerprint density at radius 1 is 1.30 bits per heavy atom. The molecule has 0 saturated carbocycles. The second kappa shape index (κ2) is 5.90. The van der Waals surface area contributed by atoms with Crippen LogP contribution in [-0.4, -0.2) is 22.3 Å². The number of benzene rings is 1. The molecule has 1 aliphatic rings. The molecule has 1 aliphatic carbocycles. The van der Waals surface area contributed by atoms with Gasteiger partial charge >= 0.3 is 0 Å². The fraction of sp³-hybridized carbons (Fsp3) is 0.375. The number of unbranched alkanes of at least 4 members (excludes halogenated alkanes) is 1. The van der Waals surface area contributed by atoms with E-state index in [1.165, 1.54) is 22.9 Å². The van der Waals surface area contributed by atoms with E-state index in [4.69, 9.17) is 5.21 Å². The number of nitrogens with zero attached hydrogens (tertiary/aromatic N) is 2. The summed E-state index contributed by atoms with van der Waals surface area (Å²) in [4.78, 5) is 0. The monoisotopic (exact) mass is 272 g/mol. The summed E-state index contributed by atoms with van der Waals surface area (Å²) in [6.07, 6.45) is 5.73. The molecular formula is C16H20N2O2. The van der Waals surface area contributed by atoms with Gasteiger partial charge in [-0.25, -0.2) is 0 Å². The van der Waals surface area contributed by atoms with Crippen LogP contribution in [0.5, 0.6) is 0 Å². The minimum atomic E-state index is -0.355. The van der Waals surface area contributed by atoms with Crippen molar-refractivity contribution in [1.29, 1.82) is 0 Å². The highest BCUT2D eigenvalue weighted by molar-refractivity contribution is 6.01. The van der Waals surface area contributed by atoms with Crippen molar-refractivity contribution in [2.75, 3.05) is 0 Å². The van der Waals surface area contributed by atoms with Crippen molar-refractivity contribution >= 4 is 17.5 Å². The molecule has 1 atom stereocenters. The average molecular weight is 272 g/mol. The lowest BCUT2D eigenvalue weighted by molar-refractivity contribution is 0.313. The van der Waals surface area contributed by atoms with Crippen LogP contribution in [0.1, 0.15) is 44.2 Å². The Labute approximate surface area is 119 Å². The van der Waals surface area contributed by atoms with Gasteiger partial charge in [-0.3, -0.25) is 0 Å². The molecule has 0 fully saturated rings. The van der Waals surface area contributed by atoms with Gasteiger partial charge in [-0.05, 0) is 49.8 Å². The van der Waals surface area contributed by atoms with Gasteiger partial charge in [0.05, 0.1) is 11.1 Å². The maximum Gasteiger partial charge on any atom is 0.0711 e. The van der Waals surface area contributed by atoms with Crippen LogP contribution in [0.3, 0.4) is 0 Å². The van der Waals surface area contributed by atoms with Crippen LogP contribution >= 0.6 is 0 Å². The van der Waals surface area contributed by atoms with Gasteiger partial charge in [-0.15, -0.1) is 5.16 Å². The van der Waals surface area contributed by atoms with Crippen LogP contribution in [0.4, 0.5) is 0 Å². The Balaban J connectivity index is 2.26. The van der Waals surface area contributed by atoms with E-state index in [2.05, 4.69) is 42.4 Å². The molecule has 4 nitrogen and oxygen atoms in total. The van der Waals surface area contributed by atoms with Crippen molar-refractivity contribution < 1.29 is 10.4 Å². The second-order valence-electron chi connectivity index (χ2n) is 5.31. The zero-order valence-electron chi connectivity index (χ0n) is 11.9. The van der Waals surface area contributed by atoms with Gasteiger partial charge in [-0.2, -0.15) is 0 Å². The predicted octanol–water partition coefficient (Wildman–Crippen LogP) is 3.82. The lowest BCUT2D eigenvalue weighted by Gasteiger charge is -2.25. The molecular weight excluding hydrogens is 252 g/mol. The molecule has 0 spiro atoms. The first-order valence-corrected chi connectivity index (χ1v) is 6.80. The van der Waals surface area contributed by atoms with Gasteiger partial charge in [0.15, 0.2) is 0 Å². The Hall–Kier alpha value is -2.10. The van der Waals surface area contributed by atoms with Gasteiger partial charge in [0, 0.05) is 6.21 Å². The molecule has 0 amide bonds. The third-order valence-electron chi connectivity index (χ3n) is 3.97. The number of hydrogen-bond acceptors (Lipinski definition) is 4. The van der Waals surface area contributed by atoms with E-state index in [0.29, 0.717) is 12.8 Å². The van der Waals surface area contributed by atoms with E-state index >= 15 is 0 Å². The summed E-state index contributed by atoms with van der Waals surface area (Å²) in [5.41, 5.74) is 4.00. The van der Waals surface area contributed by atoms with Crippen LogP contribution < -0.4 is 0 Å². The molecule has 4 heteroatoms. The molecule has 2 rings (SSSR count). The van der Waals surface area contributed by atoms with Crippen LogP contribution in [0.2, 0.25) is 0 Å². The highest BCUT2D eigenvalue weighted by atomic mass is 16.4. The average Bonchev–Trinajstić information content (AvgIpc) is 2.72. The molecule has 0 aliphatic heterocycles. The molecule has 2 N–H and O–H groups in total. The highest BCUT2D eigenvalue weighted by Gasteiger charge is 2.37. The zero-order valence-corrected chi connectivity index (χ0v) is 11.9. The molecule has 0 bridgehead atoms. The number of oxime groups is 2. The Morgan fingerprint density at radius 3 is 2.75 bits per heavy atom. The molecule has 0 radical (unpaired) electrons. The standard InChI is InChI=1S/C16H20N2O2/c1-12-11-16(2,14-8-4-3-7-13(12)14)15(18-20)9-5-6-10-17-19/h3-4,7-8,10-11,19-20H,5-6,9H2,1-2H3/b17-10+,18-15+. The van der Waals surface area contributed by atoms with E-state index in [9.17, 15) is 5.21 Å². The molecule has 0 heterocycles.